The van der Waals surface area contributed by atoms with Gasteiger partial charge in [0.1, 0.15) is 17.3 Å². The molecule has 0 unspecified atom stereocenters. The van der Waals surface area contributed by atoms with Gasteiger partial charge in [0, 0.05) is 12.7 Å². The molecule has 0 bridgehead atoms. The van der Waals surface area contributed by atoms with Crippen molar-refractivity contribution in [3.63, 3.8) is 0 Å². The van der Waals surface area contributed by atoms with E-state index in [1.165, 1.54) is 0 Å². The number of hydrogen-bond acceptors (Lipinski definition) is 6. The molecule has 3 aliphatic heterocycles. The Morgan fingerprint density at radius 3 is 2.64 bits per heavy atom. The van der Waals surface area contributed by atoms with Crippen LogP contribution in [-0.4, -0.2) is 54.9 Å². The Morgan fingerprint density at radius 1 is 1.36 bits per heavy atom. The van der Waals surface area contributed by atoms with Gasteiger partial charge in [0.2, 0.25) is 0 Å². The van der Waals surface area contributed by atoms with Crippen LogP contribution in [0.1, 0.15) is 25.8 Å². The van der Waals surface area contributed by atoms with E-state index in [-0.39, 0.29) is 5.91 Å². The minimum atomic E-state index is -1.26. The molecule has 3 aliphatic rings. The van der Waals surface area contributed by atoms with E-state index in [0.717, 1.165) is 11.3 Å². The first-order chi connectivity index (χ1) is 11.6. The molecule has 1 aromatic rings. The van der Waals surface area contributed by atoms with Crippen LogP contribution in [0.15, 0.2) is 24.3 Å². The Labute approximate surface area is 163 Å². The van der Waals surface area contributed by atoms with Gasteiger partial charge < -0.3 is 15.3 Å². The number of aliphatic hydroxyl groups excluding tert-OH is 1. The van der Waals surface area contributed by atoms with Gasteiger partial charge in [-0.05, 0) is 25.0 Å². The smallest absolute Gasteiger partial charge is 0.261 e. The van der Waals surface area contributed by atoms with Crippen molar-refractivity contribution in [1.82, 2.24) is 9.80 Å². The summed E-state index contributed by atoms with van der Waals surface area (Å²) in [4.78, 5) is 14.8. The van der Waals surface area contributed by atoms with Crippen LogP contribution in [0.2, 0.25) is 0 Å². The van der Waals surface area contributed by atoms with Crippen LogP contribution >= 0.6 is 37.5 Å². The third kappa shape index (κ3) is 1.72. The number of thiocarbonyl (C=S) groups is 1. The molecule has 0 radical (unpaired) electrons. The summed E-state index contributed by atoms with van der Waals surface area (Å²) >= 11 is 15.1. The fourth-order valence-corrected chi connectivity index (χ4v) is 5.80. The monoisotopic (exact) mass is 395 g/mol. The molecule has 1 aromatic carbocycles. The number of para-hydroxylation sites is 1. The molecular weight excluding hydrogens is 374 g/mol. The maximum atomic E-state index is 13.5. The van der Waals surface area contributed by atoms with Gasteiger partial charge in [-0.2, -0.15) is 0 Å². The number of thiol groups is 2. The molecule has 4 rings (SSSR count). The molecule has 5 atom stereocenters. The van der Waals surface area contributed by atoms with E-state index in [9.17, 15) is 9.90 Å². The summed E-state index contributed by atoms with van der Waals surface area (Å²) in [5.74, 6) is -0.197. The topological polar surface area (TPSA) is 55.8 Å². The van der Waals surface area contributed by atoms with Crippen LogP contribution in [0.4, 0.5) is 5.69 Å². The highest BCUT2D eigenvalue weighted by Gasteiger charge is 2.74. The van der Waals surface area contributed by atoms with E-state index >= 15 is 0 Å². The summed E-state index contributed by atoms with van der Waals surface area (Å²) in [5.41, 5.74) is 1.17. The molecule has 2 fully saturated rings. The molecule has 0 spiro atoms. The highest BCUT2D eigenvalue weighted by Crippen LogP contribution is 2.59. The minimum absolute atomic E-state index is 0.197. The summed E-state index contributed by atoms with van der Waals surface area (Å²) in [6.07, 6.45) is -0.911. The fraction of sp³-hybridized carbons (Fsp3) is 0.529. The fourth-order valence-electron chi connectivity index (χ4n) is 4.53. The Morgan fingerprint density at radius 2 is 2.00 bits per heavy atom. The summed E-state index contributed by atoms with van der Waals surface area (Å²) in [5, 5.41) is 14.8. The number of nitrogens with one attached hydrogen (secondary N) is 1. The second-order valence-corrected chi connectivity index (χ2v) is 9.02. The first-order valence-electron chi connectivity index (χ1n) is 8.26. The van der Waals surface area contributed by atoms with E-state index in [2.05, 4.69) is 17.9 Å². The summed E-state index contributed by atoms with van der Waals surface area (Å²) in [6.45, 7) is 3.86. The Hall–Kier alpha value is -0.960. The van der Waals surface area contributed by atoms with Crippen LogP contribution in [-0.2, 0) is 10.2 Å². The molecule has 134 valence electrons. The first kappa shape index (κ1) is 17.5. The molecular formula is C17H21N3O2S3. The Kier molecular flexibility index (Phi) is 3.53. The van der Waals surface area contributed by atoms with Crippen molar-refractivity contribution >= 4 is 54.1 Å². The van der Waals surface area contributed by atoms with Crippen molar-refractivity contribution in [2.45, 2.75) is 47.7 Å². The predicted octanol–water partition coefficient (Wildman–Crippen LogP) is 1.83. The highest BCUT2D eigenvalue weighted by atomic mass is 32.1. The van der Waals surface area contributed by atoms with Gasteiger partial charge in [0.25, 0.3) is 5.91 Å². The third-order valence-electron chi connectivity index (χ3n) is 6.17. The number of likely N-dealkylation sites (N-methyl/N-ethyl adjacent to an activating group) is 1. The van der Waals surface area contributed by atoms with Crippen molar-refractivity contribution < 1.29 is 9.90 Å². The number of benzene rings is 1. The normalized spacial score (nSPS) is 42.2. The molecule has 2 N–H and O–H groups in total. The lowest BCUT2D eigenvalue weighted by atomic mass is 9.77. The van der Waals surface area contributed by atoms with Gasteiger partial charge in [-0.15, -0.1) is 25.3 Å². The molecule has 1 amide bonds. The highest BCUT2D eigenvalue weighted by molar-refractivity contribution is 7.87. The maximum Gasteiger partial charge on any atom is 0.261 e. The first-order valence-corrected chi connectivity index (χ1v) is 9.56. The molecule has 0 saturated carbocycles. The number of nitrogens with zero attached hydrogens (tertiary/aromatic N) is 2. The van der Waals surface area contributed by atoms with Crippen molar-refractivity contribution in [2.75, 3.05) is 12.4 Å². The van der Waals surface area contributed by atoms with Crippen molar-refractivity contribution in [3.05, 3.63) is 29.8 Å². The van der Waals surface area contributed by atoms with Crippen molar-refractivity contribution in [3.8, 4) is 0 Å². The molecule has 0 aromatic heterocycles. The molecule has 3 heterocycles. The van der Waals surface area contributed by atoms with Gasteiger partial charge in [-0.3, -0.25) is 9.69 Å². The van der Waals surface area contributed by atoms with Crippen LogP contribution in [0, 0.1) is 0 Å². The third-order valence-corrected chi connectivity index (χ3v) is 8.39. The van der Waals surface area contributed by atoms with Gasteiger partial charge in [-0.25, -0.2) is 0 Å². The number of rotatable bonds is 1. The van der Waals surface area contributed by atoms with Crippen molar-refractivity contribution in [1.29, 1.82) is 0 Å². The largest absolute Gasteiger partial charge is 0.388 e. The number of hydrogen-bond donors (Lipinski definition) is 4. The lowest BCUT2D eigenvalue weighted by Gasteiger charge is -2.53. The average Bonchev–Trinajstić information content (AvgIpc) is 2.99. The summed E-state index contributed by atoms with van der Waals surface area (Å²) < 4.78 is 0. The minimum Gasteiger partial charge on any atom is -0.388 e. The molecule has 5 nitrogen and oxygen atoms in total. The molecule has 0 aliphatic carbocycles. The van der Waals surface area contributed by atoms with Crippen LogP contribution in [0.3, 0.4) is 0 Å². The molecule has 25 heavy (non-hydrogen) atoms. The van der Waals surface area contributed by atoms with E-state index < -0.39 is 27.4 Å². The lowest BCUT2D eigenvalue weighted by Crippen LogP contribution is -2.73. The second kappa shape index (κ2) is 5.06. The summed E-state index contributed by atoms with van der Waals surface area (Å²) in [6, 6.07) is 7.80. The number of amides is 1. The Balaban J connectivity index is 1.94. The maximum absolute atomic E-state index is 13.5. The van der Waals surface area contributed by atoms with Gasteiger partial charge in [0.15, 0.2) is 9.74 Å². The average molecular weight is 396 g/mol. The zero-order valence-corrected chi connectivity index (χ0v) is 16.8. The van der Waals surface area contributed by atoms with E-state index in [1.807, 2.05) is 38.1 Å². The lowest BCUT2D eigenvalue weighted by molar-refractivity contribution is -0.142. The zero-order chi connectivity index (χ0) is 18.4. The van der Waals surface area contributed by atoms with Crippen molar-refractivity contribution in [2.24, 2.45) is 0 Å². The van der Waals surface area contributed by atoms with Gasteiger partial charge in [-0.1, -0.05) is 37.3 Å². The van der Waals surface area contributed by atoms with E-state index in [4.69, 9.17) is 24.8 Å². The second-order valence-electron chi connectivity index (χ2n) is 7.21. The number of fused-ring (bicyclic) bond motifs is 5. The quantitative estimate of drug-likeness (QED) is 0.432. The number of anilines is 1. The Bertz CT molecular complexity index is 805. The van der Waals surface area contributed by atoms with Crippen LogP contribution in [0.25, 0.3) is 0 Å². The number of piperazine rings is 1. The van der Waals surface area contributed by atoms with E-state index in [0.29, 0.717) is 11.4 Å². The van der Waals surface area contributed by atoms with Crippen LogP contribution < -0.4 is 5.32 Å². The molecule has 2 saturated heterocycles. The summed E-state index contributed by atoms with van der Waals surface area (Å²) in [7, 11) is 1.75. The number of carbonyl (C=O) groups excluding carboxylic acids is 1. The number of aliphatic hydroxyl groups is 1. The number of carbonyl (C=O) groups is 1. The van der Waals surface area contributed by atoms with Gasteiger partial charge in [0.05, 0.1) is 5.41 Å². The molecule has 8 heteroatoms. The standard InChI is InChI=1S/C17H21N3O2S3/c1-4-16(24)13(22)20-12-15(2,9-7-5-6-8-10(9)18-12)11(21)17(20,25)14(23)19(16)3/h5-8,11-12,18,21,24-25H,4H2,1-3H3/t11-,12+,15-,16-,17-/m0/s1. The van der Waals surface area contributed by atoms with E-state index in [1.54, 1.807) is 16.8 Å². The predicted molar refractivity (Wildman–Crippen MR) is 108 cm³/mol. The zero-order valence-electron chi connectivity index (χ0n) is 14.2. The van der Waals surface area contributed by atoms with Crippen LogP contribution in [0.5, 0.6) is 0 Å². The SMILES string of the molecule is CC[C@]1(S)C(=O)N2[C@H]3Nc4ccccc4[C@@]3(C)[C@H](O)[C@]2(S)C(=S)N1C. The van der Waals surface area contributed by atoms with Gasteiger partial charge >= 0.3 is 0 Å².